The topological polar surface area (TPSA) is 105 Å². The van der Waals surface area contributed by atoms with Crippen molar-refractivity contribution in [2.75, 3.05) is 6.61 Å². The Hall–Kier alpha value is -4.18. The third-order valence-electron chi connectivity index (χ3n) is 4.87. The van der Waals surface area contributed by atoms with Crippen LogP contribution in [0.4, 0.5) is 5.69 Å². The van der Waals surface area contributed by atoms with E-state index in [0.29, 0.717) is 22.5 Å². The van der Waals surface area contributed by atoms with Crippen LogP contribution in [0, 0.1) is 21.4 Å². The predicted molar refractivity (Wildman–Crippen MR) is 116 cm³/mol. The summed E-state index contributed by atoms with van der Waals surface area (Å²) in [5.41, 5.74) is 2.88. The van der Waals surface area contributed by atoms with Crippen LogP contribution in [0.25, 0.3) is 6.08 Å². The minimum Gasteiger partial charge on any atom is -0.463 e. The summed E-state index contributed by atoms with van der Waals surface area (Å²) in [6.45, 7) is 3.59. The fraction of sp³-hybridized carbons (Fsp3) is 0.167. The molecule has 0 spiro atoms. The van der Waals surface area contributed by atoms with Crippen molar-refractivity contribution in [2.45, 2.75) is 19.8 Å². The van der Waals surface area contributed by atoms with Crippen molar-refractivity contribution in [3.8, 4) is 6.07 Å². The zero-order valence-electron chi connectivity index (χ0n) is 17.2. The molecule has 1 atom stereocenters. The van der Waals surface area contributed by atoms with Gasteiger partial charge >= 0.3 is 5.97 Å². The molecule has 1 aliphatic rings. The molecule has 1 aliphatic heterocycles. The first-order chi connectivity index (χ1) is 15.0. The fourth-order valence-corrected chi connectivity index (χ4v) is 3.46. The molecular weight excluding hydrogens is 394 g/mol. The quantitative estimate of drug-likeness (QED) is 0.420. The van der Waals surface area contributed by atoms with E-state index in [4.69, 9.17) is 4.74 Å². The number of hydrogen-bond donors (Lipinski definition) is 1. The Bertz CT molecular complexity index is 1140. The normalized spacial score (nSPS) is 16.1. The Morgan fingerprint density at radius 1 is 1.23 bits per heavy atom. The molecule has 1 unspecified atom stereocenters. The third-order valence-corrected chi connectivity index (χ3v) is 4.87. The van der Waals surface area contributed by atoms with E-state index in [9.17, 15) is 20.2 Å². The van der Waals surface area contributed by atoms with Gasteiger partial charge in [0, 0.05) is 23.5 Å². The van der Waals surface area contributed by atoms with Gasteiger partial charge in [0.15, 0.2) is 0 Å². The summed E-state index contributed by atoms with van der Waals surface area (Å²) in [6.07, 6.45) is 3.60. The molecule has 7 nitrogen and oxygen atoms in total. The van der Waals surface area contributed by atoms with Crippen LogP contribution in [0.2, 0.25) is 0 Å². The number of allylic oxidation sites excluding steroid dienone is 3. The van der Waals surface area contributed by atoms with E-state index in [2.05, 4.69) is 11.4 Å². The van der Waals surface area contributed by atoms with Gasteiger partial charge in [-0.2, -0.15) is 5.26 Å². The highest BCUT2D eigenvalue weighted by atomic mass is 16.6. The van der Waals surface area contributed by atoms with Gasteiger partial charge in [0.05, 0.1) is 34.7 Å². The summed E-state index contributed by atoms with van der Waals surface area (Å²) in [7, 11) is 0. The number of benzene rings is 2. The molecule has 0 aromatic heterocycles. The van der Waals surface area contributed by atoms with E-state index in [1.54, 1.807) is 32.1 Å². The summed E-state index contributed by atoms with van der Waals surface area (Å²) in [6, 6.07) is 17.7. The summed E-state index contributed by atoms with van der Waals surface area (Å²) < 4.78 is 5.28. The number of nitro benzene ring substituents is 1. The molecule has 1 N–H and O–H groups in total. The zero-order valence-corrected chi connectivity index (χ0v) is 17.2. The summed E-state index contributed by atoms with van der Waals surface area (Å²) >= 11 is 0. The van der Waals surface area contributed by atoms with E-state index in [-0.39, 0.29) is 17.9 Å². The van der Waals surface area contributed by atoms with Crippen LogP contribution in [0.1, 0.15) is 30.9 Å². The first-order valence-electron chi connectivity index (χ1n) is 9.73. The number of nitrogens with one attached hydrogen (secondary N) is 1. The number of non-ortho nitro benzene ring substituents is 1. The first kappa shape index (κ1) is 21.5. The smallest absolute Gasteiger partial charge is 0.337 e. The van der Waals surface area contributed by atoms with Crippen molar-refractivity contribution >= 4 is 17.7 Å². The van der Waals surface area contributed by atoms with Crippen molar-refractivity contribution in [1.82, 2.24) is 5.32 Å². The standard InChI is InChI=1S/C24H21N3O4/c1-3-31-24(28)23-21(13-12-17-8-5-4-6-9-17)26-16(2)20(15-25)22(23)18-10-7-11-19(14-18)27(29)30/h4-14,22,26H,3H2,1-2H3. The van der Waals surface area contributed by atoms with Crippen molar-refractivity contribution in [3.05, 3.63) is 104 Å². The Labute approximate surface area is 180 Å². The lowest BCUT2D eigenvalue weighted by Gasteiger charge is -2.28. The highest BCUT2D eigenvalue weighted by Gasteiger charge is 2.35. The second-order valence-corrected chi connectivity index (χ2v) is 6.85. The molecule has 0 saturated heterocycles. The number of carbonyl (C=O) groups is 1. The molecule has 1 heterocycles. The lowest BCUT2D eigenvalue weighted by atomic mass is 9.80. The van der Waals surface area contributed by atoms with Crippen LogP contribution in [0.5, 0.6) is 0 Å². The minimum atomic E-state index is -0.791. The van der Waals surface area contributed by atoms with Crippen molar-refractivity contribution in [1.29, 1.82) is 5.26 Å². The van der Waals surface area contributed by atoms with Crippen LogP contribution in [0.15, 0.2) is 83.2 Å². The minimum absolute atomic E-state index is 0.115. The van der Waals surface area contributed by atoms with Gasteiger partial charge in [-0.1, -0.05) is 48.5 Å². The Balaban J connectivity index is 2.20. The maximum Gasteiger partial charge on any atom is 0.337 e. The van der Waals surface area contributed by atoms with E-state index in [1.165, 1.54) is 12.1 Å². The molecule has 7 heteroatoms. The van der Waals surface area contributed by atoms with Gasteiger partial charge in [-0.15, -0.1) is 0 Å². The van der Waals surface area contributed by atoms with Crippen LogP contribution in [0.3, 0.4) is 0 Å². The van der Waals surface area contributed by atoms with Gasteiger partial charge in [0.2, 0.25) is 0 Å². The number of esters is 1. The lowest BCUT2D eigenvalue weighted by Crippen LogP contribution is -2.29. The molecule has 3 rings (SSSR count). The number of dihydropyridines is 1. The van der Waals surface area contributed by atoms with Crippen molar-refractivity contribution < 1.29 is 14.5 Å². The van der Waals surface area contributed by atoms with Crippen molar-refractivity contribution in [3.63, 3.8) is 0 Å². The van der Waals surface area contributed by atoms with Crippen LogP contribution < -0.4 is 5.32 Å². The van der Waals surface area contributed by atoms with Gasteiger partial charge in [0.1, 0.15) is 0 Å². The number of nitrogens with zero attached hydrogens (tertiary/aromatic N) is 2. The highest BCUT2D eigenvalue weighted by Crippen LogP contribution is 2.39. The molecule has 0 bridgehead atoms. The number of ether oxygens (including phenoxy) is 1. The molecule has 31 heavy (non-hydrogen) atoms. The lowest BCUT2D eigenvalue weighted by molar-refractivity contribution is -0.384. The van der Waals surface area contributed by atoms with Crippen LogP contribution in [-0.4, -0.2) is 17.5 Å². The highest BCUT2D eigenvalue weighted by molar-refractivity contribution is 5.94. The average molecular weight is 415 g/mol. The number of hydrogen-bond acceptors (Lipinski definition) is 6. The maximum atomic E-state index is 13.0. The van der Waals surface area contributed by atoms with Gasteiger partial charge < -0.3 is 10.1 Å². The first-order valence-corrected chi connectivity index (χ1v) is 9.73. The Kier molecular flexibility index (Phi) is 6.63. The maximum absolute atomic E-state index is 13.0. The van der Waals surface area contributed by atoms with Crippen LogP contribution in [-0.2, 0) is 9.53 Å². The monoisotopic (exact) mass is 415 g/mol. The summed E-state index contributed by atoms with van der Waals surface area (Å²) in [5.74, 6) is -1.37. The third kappa shape index (κ3) is 4.70. The van der Waals surface area contributed by atoms with Gasteiger partial charge in [-0.05, 0) is 31.1 Å². The van der Waals surface area contributed by atoms with Gasteiger partial charge in [0.25, 0.3) is 5.69 Å². The number of carbonyl (C=O) groups excluding carboxylic acids is 1. The van der Waals surface area contributed by atoms with Crippen LogP contribution >= 0.6 is 0 Å². The van der Waals surface area contributed by atoms with Gasteiger partial charge in [-0.25, -0.2) is 4.79 Å². The molecule has 2 aromatic carbocycles. The van der Waals surface area contributed by atoms with E-state index < -0.39 is 16.8 Å². The zero-order chi connectivity index (χ0) is 22.4. The second-order valence-electron chi connectivity index (χ2n) is 6.85. The van der Waals surface area contributed by atoms with E-state index in [0.717, 1.165) is 5.56 Å². The Morgan fingerprint density at radius 3 is 2.61 bits per heavy atom. The SMILES string of the molecule is CCOC(=O)C1=C(C=Cc2ccccc2)NC(C)=C(C#N)C1c1cccc([N+](=O)[O-])c1. The molecule has 0 saturated carbocycles. The summed E-state index contributed by atoms with van der Waals surface area (Å²) in [4.78, 5) is 23.8. The van der Waals surface area contributed by atoms with E-state index >= 15 is 0 Å². The largest absolute Gasteiger partial charge is 0.463 e. The molecule has 0 fully saturated rings. The Morgan fingerprint density at radius 2 is 1.97 bits per heavy atom. The molecular formula is C24H21N3O4. The predicted octanol–water partition coefficient (Wildman–Crippen LogP) is 4.61. The fourth-order valence-electron chi connectivity index (χ4n) is 3.46. The molecule has 0 aliphatic carbocycles. The molecule has 156 valence electrons. The summed E-state index contributed by atoms with van der Waals surface area (Å²) in [5, 5.41) is 24.2. The molecule has 2 aromatic rings. The number of nitriles is 1. The van der Waals surface area contributed by atoms with E-state index in [1.807, 2.05) is 36.4 Å². The molecule has 0 amide bonds. The van der Waals surface area contributed by atoms with Gasteiger partial charge in [-0.3, -0.25) is 10.1 Å². The molecule has 0 radical (unpaired) electrons. The second kappa shape index (κ2) is 9.55. The average Bonchev–Trinajstić information content (AvgIpc) is 2.78. The van der Waals surface area contributed by atoms with Crippen molar-refractivity contribution in [2.24, 2.45) is 0 Å². The number of rotatable bonds is 6. The number of nitro groups is 1.